The number of carbonyl (C=O) groups is 1. The van der Waals surface area contributed by atoms with Crippen LogP contribution in [-0.2, 0) is 0 Å². The van der Waals surface area contributed by atoms with Gasteiger partial charge in [-0.3, -0.25) is 4.79 Å². The highest BCUT2D eigenvalue weighted by molar-refractivity contribution is 14.1. The van der Waals surface area contributed by atoms with Crippen molar-refractivity contribution in [2.45, 2.75) is 6.43 Å². The minimum absolute atomic E-state index is 0.0398. The van der Waals surface area contributed by atoms with Gasteiger partial charge >= 0.3 is 0 Å². The summed E-state index contributed by atoms with van der Waals surface area (Å²) in [5.41, 5.74) is -0.637. The van der Waals surface area contributed by atoms with Crippen molar-refractivity contribution in [3.8, 4) is 6.07 Å². The van der Waals surface area contributed by atoms with Crippen molar-refractivity contribution < 1.29 is 13.6 Å². The van der Waals surface area contributed by atoms with Gasteiger partial charge in [0.2, 0.25) is 0 Å². The molecule has 1 aromatic rings. The van der Waals surface area contributed by atoms with Crippen LogP contribution >= 0.6 is 22.6 Å². The number of alkyl halides is 2. The molecule has 0 spiro atoms. The summed E-state index contributed by atoms with van der Waals surface area (Å²) >= 11 is 1.72. The van der Waals surface area contributed by atoms with Gasteiger partial charge in [-0.1, -0.05) is 0 Å². The topological polar surface area (TPSA) is 53.8 Å². The predicted molar refractivity (Wildman–Crippen MR) is 52.0 cm³/mol. The third-order valence-corrected chi connectivity index (χ3v) is 2.59. The lowest BCUT2D eigenvalue weighted by atomic mass is 10.2. The summed E-state index contributed by atoms with van der Waals surface area (Å²) in [5.74, 6) is 0. The van der Waals surface area contributed by atoms with Gasteiger partial charge in [0.15, 0.2) is 6.29 Å². The second-order valence-corrected chi connectivity index (χ2v) is 3.40. The van der Waals surface area contributed by atoms with Crippen LogP contribution in [0.5, 0.6) is 0 Å². The first kappa shape index (κ1) is 11.0. The van der Waals surface area contributed by atoms with Gasteiger partial charge in [-0.25, -0.2) is 13.8 Å². The Bertz CT molecular complexity index is 415. The van der Waals surface area contributed by atoms with Crippen LogP contribution in [0.2, 0.25) is 0 Å². The molecule has 0 fully saturated rings. The summed E-state index contributed by atoms with van der Waals surface area (Å²) in [7, 11) is 0. The van der Waals surface area contributed by atoms with Crippen LogP contribution in [0.3, 0.4) is 0 Å². The van der Waals surface area contributed by atoms with Gasteiger partial charge in [0.25, 0.3) is 6.43 Å². The van der Waals surface area contributed by atoms with Crippen LogP contribution < -0.4 is 0 Å². The number of halogens is 3. The lowest BCUT2D eigenvalue weighted by Crippen LogP contribution is -2.01. The first-order chi connectivity index (χ1) is 6.60. The number of pyridine rings is 1. The molecule has 0 aliphatic heterocycles. The van der Waals surface area contributed by atoms with E-state index in [4.69, 9.17) is 5.26 Å². The molecule has 0 unspecified atom stereocenters. The monoisotopic (exact) mass is 308 g/mol. The molecule has 0 aliphatic rings. The van der Waals surface area contributed by atoms with Crippen molar-refractivity contribution >= 4 is 28.9 Å². The fraction of sp³-hybridized carbons (Fsp3) is 0.125. The SMILES string of the molecule is N#Cc1cc(C(F)F)nc(C=O)c1I. The Morgan fingerprint density at radius 2 is 2.29 bits per heavy atom. The Morgan fingerprint density at radius 1 is 1.64 bits per heavy atom. The van der Waals surface area contributed by atoms with E-state index in [-0.39, 0.29) is 11.3 Å². The fourth-order valence-corrected chi connectivity index (χ4v) is 1.36. The van der Waals surface area contributed by atoms with Crippen LogP contribution in [-0.4, -0.2) is 11.3 Å². The van der Waals surface area contributed by atoms with Gasteiger partial charge in [-0.05, 0) is 28.7 Å². The average Bonchev–Trinajstić information content (AvgIpc) is 2.17. The molecule has 1 heterocycles. The number of nitrogens with zero attached hydrogens (tertiary/aromatic N) is 2. The first-order valence-corrected chi connectivity index (χ1v) is 4.52. The van der Waals surface area contributed by atoms with E-state index in [2.05, 4.69) is 4.98 Å². The third-order valence-electron chi connectivity index (χ3n) is 1.46. The molecule has 6 heteroatoms. The lowest BCUT2D eigenvalue weighted by Gasteiger charge is -2.03. The Labute approximate surface area is 91.9 Å². The van der Waals surface area contributed by atoms with Crippen molar-refractivity contribution in [3.05, 3.63) is 26.6 Å². The van der Waals surface area contributed by atoms with Gasteiger partial charge in [0.1, 0.15) is 17.5 Å². The largest absolute Gasteiger partial charge is 0.296 e. The van der Waals surface area contributed by atoms with Gasteiger partial charge in [-0.2, -0.15) is 5.26 Å². The van der Waals surface area contributed by atoms with Crippen molar-refractivity contribution in [3.63, 3.8) is 0 Å². The standard InChI is InChI=1S/C8H3F2IN2O/c9-8(10)5-1-4(2-12)7(11)6(3-14)13-5/h1,3,8H. The number of hydrogen-bond acceptors (Lipinski definition) is 3. The van der Waals surface area contributed by atoms with Crippen molar-refractivity contribution in [1.29, 1.82) is 5.26 Å². The maximum absolute atomic E-state index is 12.2. The van der Waals surface area contributed by atoms with E-state index in [1.54, 1.807) is 28.7 Å². The van der Waals surface area contributed by atoms with Crippen LogP contribution in [0.1, 0.15) is 28.2 Å². The molecule has 1 aromatic heterocycles. The first-order valence-electron chi connectivity index (χ1n) is 3.44. The zero-order valence-corrected chi connectivity index (χ0v) is 8.83. The van der Waals surface area contributed by atoms with Crippen LogP contribution in [0, 0.1) is 14.9 Å². The zero-order valence-electron chi connectivity index (χ0n) is 6.67. The zero-order chi connectivity index (χ0) is 10.7. The van der Waals surface area contributed by atoms with Gasteiger partial charge in [-0.15, -0.1) is 0 Å². The third kappa shape index (κ3) is 2.04. The Hall–Kier alpha value is -1.10. The van der Waals surface area contributed by atoms with Crippen molar-refractivity contribution in [1.82, 2.24) is 4.98 Å². The molecular formula is C8H3F2IN2O. The van der Waals surface area contributed by atoms with Gasteiger partial charge in [0.05, 0.1) is 9.13 Å². The number of aromatic nitrogens is 1. The Morgan fingerprint density at radius 3 is 2.71 bits per heavy atom. The summed E-state index contributed by atoms with van der Waals surface area (Å²) in [6.45, 7) is 0. The molecule has 0 saturated carbocycles. The molecule has 1 rings (SSSR count). The van der Waals surface area contributed by atoms with E-state index in [1.807, 2.05) is 0 Å². The van der Waals surface area contributed by atoms with E-state index in [1.165, 1.54) is 0 Å². The molecular weight excluding hydrogens is 305 g/mol. The number of carbonyl (C=O) groups excluding carboxylic acids is 1. The summed E-state index contributed by atoms with van der Waals surface area (Å²) in [6, 6.07) is 2.71. The lowest BCUT2D eigenvalue weighted by molar-refractivity contribution is 0.111. The number of hydrogen-bond donors (Lipinski definition) is 0. The summed E-state index contributed by atoms with van der Waals surface area (Å²) in [5, 5.41) is 8.60. The molecule has 0 radical (unpaired) electrons. The summed E-state index contributed by atoms with van der Waals surface area (Å²) in [4.78, 5) is 13.9. The quantitative estimate of drug-likeness (QED) is 0.622. The normalized spacial score (nSPS) is 9.93. The summed E-state index contributed by atoms with van der Waals surface area (Å²) < 4.78 is 24.8. The Balaban J connectivity index is 3.41. The molecule has 0 bridgehead atoms. The molecule has 0 amide bonds. The van der Waals surface area contributed by atoms with E-state index in [9.17, 15) is 13.6 Å². The minimum atomic E-state index is -2.78. The molecule has 14 heavy (non-hydrogen) atoms. The second-order valence-electron chi connectivity index (χ2n) is 2.32. The number of aldehydes is 1. The highest BCUT2D eigenvalue weighted by Gasteiger charge is 2.15. The predicted octanol–water partition coefficient (Wildman–Crippen LogP) is 2.31. The molecule has 0 aromatic carbocycles. The molecule has 3 nitrogen and oxygen atoms in total. The average molecular weight is 308 g/mol. The molecule has 0 atom stereocenters. The van der Waals surface area contributed by atoms with E-state index in [0.29, 0.717) is 9.86 Å². The van der Waals surface area contributed by atoms with E-state index in [0.717, 1.165) is 6.07 Å². The van der Waals surface area contributed by atoms with E-state index < -0.39 is 12.1 Å². The number of nitriles is 1. The van der Waals surface area contributed by atoms with Gasteiger partial charge in [0, 0.05) is 0 Å². The molecule has 0 saturated heterocycles. The van der Waals surface area contributed by atoms with Crippen LogP contribution in [0.25, 0.3) is 0 Å². The van der Waals surface area contributed by atoms with Crippen LogP contribution in [0.4, 0.5) is 8.78 Å². The highest BCUT2D eigenvalue weighted by Crippen LogP contribution is 2.22. The van der Waals surface area contributed by atoms with Crippen LogP contribution in [0.15, 0.2) is 6.07 Å². The highest BCUT2D eigenvalue weighted by atomic mass is 127. The second kappa shape index (κ2) is 4.41. The maximum Gasteiger partial charge on any atom is 0.280 e. The Kier molecular flexibility index (Phi) is 3.46. The van der Waals surface area contributed by atoms with E-state index >= 15 is 0 Å². The smallest absolute Gasteiger partial charge is 0.280 e. The molecule has 0 N–H and O–H groups in total. The summed E-state index contributed by atoms with van der Waals surface area (Å²) in [6.07, 6.45) is -2.42. The van der Waals surface area contributed by atoms with Gasteiger partial charge < -0.3 is 0 Å². The van der Waals surface area contributed by atoms with Crippen molar-refractivity contribution in [2.75, 3.05) is 0 Å². The number of rotatable bonds is 2. The molecule has 72 valence electrons. The minimum Gasteiger partial charge on any atom is -0.296 e. The maximum atomic E-state index is 12.2. The van der Waals surface area contributed by atoms with Crippen molar-refractivity contribution in [2.24, 2.45) is 0 Å². The molecule has 0 aliphatic carbocycles. The fourth-order valence-electron chi connectivity index (χ4n) is 0.841.